The Hall–Kier alpha value is -4.68. The number of hydrazine groups is 2. The van der Waals surface area contributed by atoms with Gasteiger partial charge < -0.3 is 10.6 Å². The monoisotopic (exact) mass is 510 g/mol. The van der Waals surface area contributed by atoms with Gasteiger partial charge in [-0.15, -0.1) is 26.0 Å². The third-order valence-electron chi connectivity index (χ3n) is 6.10. The second-order valence-corrected chi connectivity index (χ2v) is 9.17. The number of H-pyrrole nitrogens is 1. The van der Waals surface area contributed by atoms with Crippen LogP contribution in [0.1, 0.15) is 18.1 Å². The lowest BCUT2D eigenvalue weighted by molar-refractivity contribution is 0.120. The number of rotatable bonds is 8. The normalized spacial score (nSPS) is 16.1. The summed E-state index contributed by atoms with van der Waals surface area (Å²) < 4.78 is 0. The van der Waals surface area contributed by atoms with Crippen molar-refractivity contribution < 1.29 is 0 Å². The minimum absolute atomic E-state index is 0.259. The number of hydrogen-bond acceptors (Lipinski definition) is 10. The smallest absolute Gasteiger partial charge is 0.215 e. The van der Waals surface area contributed by atoms with Gasteiger partial charge in [0.05, 0.1) is 23.6 Å². The highest BCUT2D eigenvalue weighted by Gasteiger charge is 2.22. The molecule has 0 aliphatic carbocycles. The van der Waals surface area contributed by atoms with Gasteiger partial charge in [0.2, 0.25) is 5.82 Å². The summed E-state index contributed by atoms with van der Waals surface area (Å²) in [5.41, 5.74) is 10.7. The zero-order valence-corrected chi connectivity index (χ0v) is 21.7. The Labute approximate surface area is 220 Å². The Morgan fingerprint density at radius 3 is 2.18 bits per heavy atom. The van der Waals surface area contributed by atoms with Crippen LogP contribution in [0.3, 0.4) is 0 Å². The first-order valence-electron chi connectivity index (χ1n) is 12.3. The van der Waals surface area contributed by atoms with Crippen molar-refractivity contribution in [1.82, 2.24) is 31.1 Å². The Morgan fingerprint density at radius 1 is 0.868 bits per heavy atom. The highest BCUT2D eigenvalue weighted by molar-refractivity contribution is 5.73. The van der Waals surface area contributed by atoms with Crippen molar-refractivity contribution in [2.24, 2.45) is 20.6 Å². The second-order valence-electron chi connectivity index (χ2n) is 9.17. The summed E-state index contributed by atoms with van der Waals surface area (Å²) in [7, 11) is 1.98. The SMILES string of the molecule is Cc1ccc(N=Nc2c[nH]nn2)c(C)c1Nc1ccc(Nc2ccc(N=NN3NN(C)CC3C)cc2)cc1. The molecule has 4 aromatic rings. The number of anilines is 4. The lowest BCUT2D eigenvalue weighted by atomic mass is 10.1. The van der Waals surface area contributed by atoms with Crippen molar-refractivity contribution in [2.75, 3.05) is 24.2 Å². The quantitative estimate of drug-likeness (QED) is 0.202. The molecule has 1 aliphatic heterocycles. The predicted molar refractivity (Wildman–Crippen MR) is 148 cm³/mol. The third-order valence-corrected chi connectivity index (χ3v) is 6.10. The molecule has 1 saturated heterocycles. The van der Waals surface area contributed by atoms with Gasteiger partial charge >= 0.3 is 0 Å². The second kappa shape index (κ2) is 11.2. The van der Waals surface area contributed by atoms with E-state index in [-0.39, 0.29) is 6.04 Å². The molecule has 3 aromatic carbocycles. The van der Waals surface area contributed by atoms with Gasteiger partial charge in [0.1, 0.15) is 0 Å². The fraction of sp³-hybridized carbons (Fsp3) is 0.231. The van der Waals surface area contributed by atoms with Crippen molar-refractivity contribution >= 4 is 39.9 Å². The van der Waals surface area contributed by atoms with Crippen LogP contribution in [-0.4, -0.2) is 45.2 Å². The molecule has 0 amide bonds. The maximum absolute atomic E-state index is 4.33. The van der Waals surface area contributed by atoms with E-state index in [1.807, 2.05) is 79.6 Å². The summed E-state index contributed by atoms with van der Waals surface area (Å²) in [6.07, 6.45) is 1.59. The van der Waals surface area contributed by atoms with Crippen LogP contribution >= 0.6 is 0 Å². The number of aromatic nitrogens is 3. The third kappa shape index (κ3) is 5.99. The summed E-state index contributed by atoms with van der Waals surface area (Å²) in [5, 5.41) is 37.9. The topological polar surface area (TPSA) is 134 Å². The van der Waals surface area contributed by atoms with E-state index < -0.39 is 0 Å². The van der Waals surface area contributed by atoms with Crippen molar-refractivity contribution in [3.63, 3.8) is 0 Å². The number of aryl methyl sites for hydroxylation is 1. The first-order chi connectivity index (χ1) is 18.4. The van der Waals surface area contributed by atoms with Crippen molar-refractivity contribution in [3.8, 4) is 0 Å². The molecule has 12 heteroatoms. The number of aromatic amines is 1. The number of benzene rings is 3. The molecule has 5 rings (SSSR count). The van der Waals surface area contributed by atoms with Crippen molar-refractivity contribution in [2.45, 2.75) is 26.8 Å². The molecule has 0 bridgehead atoms. The van der Waals surface area contributed by atoms with E-state index in [1.54, 1.807) is 11.3 Å². The van der Waals surface area contributed by atoms with E-state index in [0.29, 0.717) is 5.82 Å². The lowest BCUT2D eigenvalue weighted by Gasteiger charge is -2.15. The van der Waals surface area contributed by atoms with Crippen LogP contribution in [0.5, 0.6) is 0 Å². The standard InChI is InChI=1S/C26H30N12/c1-17-5-14-24(31-32-25-15-27-34-33-25)19(3)26(17)29-22-8-6-20(7-9-22)28-21-10-12-23(13-11-21)30-35-38-18(2)16-37(4)36-38/h5-15,18,28-29,36H,16H2,1-4H3,(H,27,33,34). The first kappa shape index (κ1) is 25.0. The Bertz CT molecular complexity index is 1410. The van der Waals surface area contributed by atoms with Gasteiger partial charge in [0.15, 0.2) is 0 Å². The molecule has 1 unspecified atom stereocenters. The van der Waals surface area contributed by atoms with Gasteiger partial charge in [-0.25, -0.2) is 5.01 Å². The molecular weight excluding hydrogens is 480 g/mol. The summed E-state index contributed by atoms with van der Waals surface area (Å²) in [5.74, 6) is 0.434. The number of nitrogens with one attached hydrogen (secondary N) is 4. The Kier molecular flexibility index (Phi) is 7.33. The average molecular weight is 511 g/mol. The van der Waals surface area contributed by atoms with E-state index in [4.69, 9.17) is 0 Å². The first-order valence-corrected chi connectivity index (χ1v) is 12.3. The molecule has 0 radical (unpaired) electrons. The highest BCUT2D eigenvalue weighted by atomic mass is 15.9. The maximum Gasteiger partial charge on any atom is 0.215 e. The predicted octanol–water partition coefficient (Wildman–Crippen LogP) is 6.38. The lowest BCUT2D eigenvalue weighted by Crippen LogP contribution is -2.34. The Morgan fingerprint density at radius 2 is 1.55 bits per heavy atom. The van der Waals surface area contributed by atoms with Crippen LogP contribution in [0.4, 0.5) is 39.9 Å². The van der Waals surface area contributed by atoms with Crippen LogP contribution in [0.25, 0.3) is 0 Å². The molecule has 1 fully saturated rings. The van der Waals surface area contributed by atoms with E-state index in [9.17, 15) is 0 Å². The minimum atomic E-state index is 0.259. The molecule has 4 N–H and O–H groups in total. The molecule has 2 heterocycles. The van der Waals surface area contributed by atoms with Crippen LogP contribution in [0.2, 0.25) is 0 Å². The van der Waals surface area contributed by atoms with E-state index in [2.05, 4.69) is 66.0 Å². The molecule has 0 spiro atoms. The molecule has 194 valence electrons. The van der Waals surface area contributed by atoms with E-state index in [0.717, 1.165) is 51.8 Å². The summed E-state index contributed by atoms with van der Waals surface area (Å²) in [6, 6.07) is 20.2. The fourth-order valence-electron chi connectivity index (χ4n) is 4.04. The van der Waals surface area contributed by atoms with Gasteiger partial charge in [-0.05, 0) is 80.9 Å². The number of nitrogens with zero attached hydrogens (tertiary/aromatic N) is 8. The van der Waals surface area contributed by atoms with E-state index >= 15 is 0 Å². The number of azo groups is 1. The molecular formula is C26H30N12. The maximum atomic E-state index is 4.33. The van der Waals surface area contributed by atoms with Crippen LogP contribution in [0, 0.1) is 13.8 Å². The Balaban J connectivity index is 1.21. The van der Waals surface area contributed by atoms with Crippen LogP contribution in [0.15, 0.2) is 87.4 Å². The van der Waals surface area contributed by atoms with Crippen LogP contribution in [-0.2, 0) is 0 Å². The van der Waals surface area contributed by atoms with E-state index in [1.165, 1.54) is 0 Å². The van der Waals surface area contributed by atoms with Crippen LogP contribution < -0.4 is 16.2 Å². The summed E-state index contributed by atoms with van der Waals surface area (Å²) in [4.78, 5) is 0. The van der Waals surface area contributed by atoms with Gasteiger partial charge in [-0.3, -0.25) is 5.10 Å². The molecule has 1 atom stereocenters. The summed E-state index contributed by atoms with van der Waals surface area (Å²) >= 11 is 0. The molecule has 1 aromatic heterocycles. The number of likely N-dealkylation sites (N-methyl/N-ethyl adjacent to an activating group) is 1. The molecule has 12 nitrogen and oxygen atoms in total. The average Bonchev–Trinajstić information content (AvgIpc) is 3.55. The zero-order valence-electron chi connectivity index (χ0n) is 21.7. The molecule has 0 saturated carbocycles. The number of hydrogen-bond donors (Lipinski definition) is 4. The fourth-order valence-corrected chi connectivity index (χ4v) is 4.04. The van der Waals surface area contributed by atoms with Gasteiger partial charge in [0.25, 0.3) is 0 Å². The van der Waals surface area contributed by atoms with Gasteiger partial charge in [0, 0.05) is 41.9 Å². The van der Waals surface area contributed by atoms with Gasteiger partial charge in [-0.1, -0.05) is 16.5 Å². The molecule has 1 aliphatic rings. The summed E-state index contributed by atoms with van der Waals surface area (Å²) in [6.45, 7) is 7.07. The molecule has 38 heavy (non-hydrogen) atoms. The highest BCUT2D eigenvalue weighted by Crippen LogP contribution is 2.33. The zero-order chi connectivity index (χ0) is 26.5. The van der Waals surface area contributed by atoms with Crippen molar-refractivity contribution in [1.29, 1.82) is 0 Å². The van der Waals surface area contributed by atoms with Gasteiger partial charge in [-0.2, -0.15) is 5.12 Å². The minimum Gasteiger partial charge on any atom is -0.356 e. The largest absolute Gasteiger partial charge is 0.356 e. The van der Waals surface area contributed by atoms with Crippen molar-refractivity contribution in [3.05, 3.63) is 78.0 Å².